The van der Waals surface area contributed by atoms with Crippen molar-refractivity contribution >= 4 is 34.7 Å². The van der Waals surface area contributed by atoms with E-state index in [1.807, 2.05) is 42.5 Å². The number of nitrogens with two attached hydrogens (primary N) is 1. The van der Waals surface area contributed by atoms with E-state index in [9.17, 15) is 18.6 Å². The lowest BCUT2D eigenvalue weighted by Gasteiger charge is -2.32. The number of amidine groups is 1. The Bertz CT molecular complexity index is 1360. The average molecular weight is 681 g/mol. The van der Waals surface area contributed by atoms with Gasteiger partial charge in [-0.15, -0.1) is 0 Å². The van der Waals surface area contributed by atoms with Crippen molar-refractivity contribution < 1.29 is 18.6 Å². The number of likely N-dealkylation sites (tertiary alicyclic amines) is 1. The van der Waals surface area contributed by atoms with Gasteiger partial charge >= 0.3 is 6.03 Å². The van der Waals surface area contributed by atoms with Gasteiger partial charge in [-0.1, -0.05) is 54.6 Å². The van der Waals surface area contributed by atoms with E-state index >= 15 is 0 Å². The summed E-state index contributed by atoms with van der Waals surface area (Å²) >= 11 is 0. The Hall–Kier alpha value is -3.81. The summed E-state index contributed by atoms with van der Waals surface area (Å²) in [5.74, 6) is 0.448. The minimum Gasteiger partial charge on any atom is -0.384 e. The van der Waals surface area contributed by atoms with Gasteiger partial charge < -0.3 is 31.9 Å². The number of hydrogen-bond acceptors (Lipinski definition) is 6. The van der Waals surface area contributed by atoms with Crippen molar-refractivity contribution in [2.45, 2.75) is 75.7 Å². The standard InChI is InChI=1S/C35H52N8O4S/c1-38-35(46)43-21-17-26(18-22-43)10-14-31(42-48(47)24-28-5-3-2-4-6-28)34(45)41-30(13-9-25-15-19-39-20-16-25)33(44)40-23-27-7-11-29(12-8-27)32(36)37/h2-8,11-12,25-26,30-31,39,42H,9-10,13-24H2,1H3,(H3,36,37)(H,38,46)(H,40,44)(H,41,45). The maximum Gasteiger partial charge on any atom is 0.317 e. The van der Waals surface area contributed by atoms with Crippen LogP contribution >= 0.6 is 0 Å². The number of nitrogen functional groups attached to an aromatic ring is 1. The fraction of sp³-hybridized carbons (Fsp3) is 0.543. The van der Waals surface area contributed by atoms with Crippen LogP contribution in [0.4, 0.5) is 4.79 Å². The van der Waals surface area contributed by atoms with Crippen molar-refractivity contribution in [3.63, 3.8) is 0 Å². The van der Waals surface area contributed by atoms with Gasteiger partial charge in [0, 0.05) is 32.2 Å². The Kier molecular flexibility index (Phi) is 14.8. The highest BCUT2D eigenvalue weighted by atomic mass is 32.2. The zero-order chi connectivity index (χ0) is 34.3. The third-order valence-electron chi connectivity index (χ3n) is 9.40. The predicted octanol–water partition coefficient (Wildman–Crippen LogP) is 2.51. The van der Waals surface area contributed by atoms with Gasteiger partial charge in [-0.05, 0) is 87.4 Å². The molecule has 8 N–H and O–H groups in total. The molecule has 4 rings (SSSR count). The van der Waals surface area contributed by atoms with Crippen molar-refractivity contribution in [1.29, 1.82) is 5.41 Å². The molecule has 0 saturated carbocycles. The number of hydrogen-bond donors (Lipinski definition) is 7. The SMILES string of the molecule is CNC(=O)N1CCC(CCC(NS(=O)Cc2ccccc2)C(=O)NC(CCC2CCNCC2)C(=O)NCc2ccc(C(=N)N)cc2)CC1. The van der Waals surface area contributed by atoms with Crippen LogP contribution in [0.1, 0.15) is 68.1 Å². The summed E-state index contributed by atoms with van der Waals surface area (Å²) < 4.78 is 16.4. The van der Waals surface area contributed by atoms with E-state index < -0.39 is 23.1 Å². The van der Waals surface area contributed by atoms with Gasteiger partial charge in [-0.25, -0.2) is 13.7 Å². The first kappa shape index (κ1) is 37.0. The third kappa shape index (κ3) is 12.0. The molecular weight excluding hydrogens is 629 g/mol. The van der Waals surface area contributed by atoms with Crippen molar-refractivity contribution in [3.8, 4) is 0 Å². The molecule has 48 heavy (non-hydrogen) atoms. The maximum absolute atomic E-state index is 13.9. The summed E-state index contributed by atoms with van der Waals surface area (Å²) in [5, 5.41) is 19.7. The molecule has 0 spiro atoms. The number of urea groups is 1. The molecule has 13 heteroatoms. The molecule has 0 radical (unpaired) electrons. The molecule has 2 heterocycles. The normalized spacial score (nSPS) is 17.6. The minimum atomic E-state index is -1.51. The van der Waals surface area contributed by atoms with Crippen molar-refractivity contribution in [1.82, 2.24) is 30.9 Å². The van der Waals surface area contributed by atoms with E-state index in [1.54, 1.807) is 24.1 Å². The summed E-state index contributed by atoms with van der Waals surface area (Å²) in [6.07, 6.45) is 6.25. The smallest absolute Gasteiger partial charge is 0.317 e. The zero-order valence-corrected chi connectivity index (χ0v) is 28.8. The first-order valence-corrected chi connectivity index (χ1v) is 18.4. The van der Waals surface area contributed by atoms with E-state index in [4.69, 9.17) is 11.1 Å². The van der Waals surface area contributed by atoms with E-state index in [0.717, 1.165) is 62.7 Å². The van der Waals surface area contributed by atoms with Crippen LogP contribution in [0, 0.1) is 17.2 Å². The van der Waals surface area contributed by atoms with Crippen LogP contribution in [-0.2, 0) is 32.9 Å². The fourth-order valence-electron chi connectivity index (χ4n) is 6.38. The second-order valence-electron chi connectivity index (χ2n) is 12.9. The second-order valence-corrected chi connectivity index (χ2v) is 14.1. The van der Waals surface area contributed by atoms with Crippen LogP contribution in [0.5, 0.6) is 0 Å². The lowest BCUT2D eigenvalue weighted by atomic mass is 9.90. The van der Waals surface area contributed by atoms with Gasteiger partial charge in [0.2, 0.25) is 11.8 Å². The van der Waals surface area contributed by atoms with Crippen LogP contribution < -0.4 is 31.7 Å². The zero-order valence-electron chi connectivity index (χ0n) is 28.0. The van der Waals surface area contributed by atoms with Crippen LogP contribution in [0.15, 0.2) is 54.6 Å². The molecule has 2 fully saturated rings. The molecule has 2 saturated heterocycles. The number of nitrogens with zero attached hydrogens (tertiary/aromatic N) is 1. The van der Waals surface area contributed by atoms with Crippen LogP contribution in [0.3, 0.4) is 0 Å². The van der Waals surface area contributed by atoms with Gasteiger partial charge in [0.15, 0.2) is 0 Å². The Balaban J connectivity index is 1.42. The molecule has 0 aromatic heterocycles. The van der Waals surface area contributed by atoms with Gasteiger partial charge in [-0.3, -0.25) is 15.0 Å². The molecule has 0 aliphatic carbocycles. The Morgan fingerprint density at radius 2 is 1.52 bits per heavy atom. The van der Waals surface area contributed by atoms with Crippen molar-refractivity contribution in [2.24, 2.45) is 17.6 Å². The molecule has 3 unspecified atom stereocenters. The lowest BCUT2D eigenvalue weighted by molar-refractivity contribution is -0.130. The van der Waals surface area contributed by atoms with Crippen LogP contribution in [0.25, 0.3) is 0 Å². The van der Waals surface area contributed by atoms with E-state index in [2.05, 4.69) is 26.0 Å². The van der Waals surface area contributed by atoms with E-state index in [-0.39, 0.29) is 36.0 Å². The second kappa shape index (κ2) is 19.3. The molecule has 3 atom stereocenters. The molecule has 2 aromatic carbocycles. The topological polar surface area (TPSA) is 182 Å². The number of piperidine rings is 2. The van der Waals surface area contributed by atoms with Crippen molar-refractivity contribution in [2.75, 3.05) is 33.2 Å². The Labute approximate surface area is 286 Å². The highest BCUT2D eigenvalue weighted by Crippen LogP contribution is 2.24. The van der Waals surface area contributed by atoms with Crippen LogP contribution in [0.2, 0.25) is 0 Å². The summed E-state index contributed by atoms with van der Waals surface area (Å²) in [6, 6.07) is 15.1. The number of rotatable bonds is 16. The molecule has 262 valence electrons. The molecular formula is C35H52N8O4S. The number of carbonyl (C=O) groups is 3. The van der Waals surface area contributed by atoms with E-state index in [0.29, 0.717) is 43.3 Å². The minimum absolute atomic E-state index is 0.0199. The van der Waals surface area contributed by atoms with Crippen LogP contribution in [-0.4, -0.2) is 78.1 Å². The summed E-state index contributed by atoms with van der Waals surface area (Å²) in [6.45, 7) is 3.49. The molecule has 4 amide bonds. The monoisotopic (exact) mass is 680 g/mol. The number of carbonyl (C=O) groups excluding carboxylic acids is 3. The summed E-state index contributed by atoms with van der Waals surface area (Å²) in [7, 11) is 0.119. The third-order valence-corrected chi connectivity index (χ3v) is 10.5. The molecule has 12 nitrogen and oxygen atoms in total. The average Bonchev–Trinajstić information content (AvgIpc) is 3.11. The first-order valence-electron chi connectivity index (χ1n) is 17.1. The predicted molar refractivity (Wildman–Crippen MR) is 189 cm³/mol. The van der Waals surface area contributed by atoms with Gasteiger partial charge in [0.1, 0.15) is 11.9 Å². The fourth-order valence-corrected chi connectivity index (χ4v) is 7.50. The van der Waals surface area contributed by atoms with Gasteiger partial charge in [0.05, 0.1) is 22.8 Å². The largest absolute Gasteiger partial charge is 0.384 e. The quantitative estimate of drug-likeness (QED) is 0.106. The van der Waals surface area contributed by atoms with Gasteiger partial charge in [0.25, 0.3) is 0 Å². The highest BCUT2D eigenvalue weighted by molar-refractivity contribution is 7.82. The molecule has 0 bridgehead atoms. The lowest BCUT2D eigenvalue weighted by Crippen LogP contribution is -2.53. The Morgan fingerprint density at radius 1 is 0.896 bits per heavy atom. The first-order chi connectivity index (χ1) is 23.2. The molecule has 2 aliphatic rings. The van der Waals surface area contributed by atoms with Gasteiger partial charge in [-0.2, -0.15) is 0 Å². The molecule has 2 aliphatic heterocycles. The maximum atomic E-state index is 13.9. The summed E-state index contributed by atoms with van der Waals surface area (Å²) in [5.41, 5.74) is 7.94. The Morgan fingerprint density at radius 3 is 2.15 bits per heavy atom. The highest BCUT2D eigenvalue weighted by Gasteiger charge is 2.29. The van der Waals surface area contributed by atoms with Crippen molar-refractivity contribution in [3.05, 3.63) is 71.3 Å². The molecule has 2 aromatic rings. The number of nitrogens with one attached hydrogen (secondary N) is 6. The number of benzene rings is 2. The van der Waals surface area contributed by atoms with E-state index in [1.165, 1.54) is 0 Å². The summed E-state index contributed by atoms with van der Waals surface area (Å²) in [4.78, 5) is 41.4. The number of amides is 4.